The molecule has 4 nitrogen and oxygen atoms in total. The van der Waals surface area contributed by atoms with Crippen LogP contribution in [0, 0.1) is 0 Å². The Hall–Kier alpha value is -0.970. The van der Waals surface area contributed by atoms with Crippen LogP contribution < -0.4 is 0 Å². The largest absolute Gasteiger partial charge is 0.337 e. The second kappa shape index (κ2) is 4.70. The van der Waals surface area contributed by atoms with Gasteiger partial charge in [-0.25, -0.2) is 0 Å². The number of halogens is 1. The zero-order chi connectivity index (χ0) is 10.7. The fourth-order valence-corrected chi connectivity index (χ4v) is 2.38. The quantitative estimate of drug-likeness (QED) is 0.726. The first-order valence-electron chi connectivity index (χ1n) is 4.97. The van der Waals surface area contributed by atoms with Crippen molar-refractivity contribution in [3.05, 3.63) is 24.0 Å². The Balaban J connectivity index is 2.08. The average molecular weight is 270 g/mol. The van der Waals surface area contributed by atoms with Crippen LogP contribution in [0.4, 0.5) is 0 Å². The van der Waals surface area contributed by atoms with Gasteiger partial charge in [0.1, 0.15) is 0 Å². The lowest BCUT2D eigenvalue weighted by molar-refractivity contribution is 0.0729. The summed E-state index contributed by atoms with van der Waals surface area (Å²) >= 11 is 3.55. The lowest BCUT2D eigenvalue weighted by Gasteiger charge is -2.29. The lowest BCUT2D eigenvalue weighted by Crippen LogP contribution is -2.40. The highest BCUT2D eigenvalue weighted by Gasteiger charge is 2.22. The van der Waals surface area contributed by atoms with E-state index in [1.54, 1.807) is 12.3 Å². The molecule has 0 saturated carbocycles. The molecule has 5 heteroatoms. The van der Waals surface area contributed by atoms with E-state index in [-0.39, 0.29) is 5.91 Å². The lowest BCUT2D eigenvalue weighted by atomic mass is 10.1. The molecular formula is C10H12BrN3O. The van der Waals surface area contributed by atoms with E-state index in [4.69, 9.17) is 0 Å². The van der Waals surface area contributed by atoms with Crippen molar-refractivity contribution in [1.29, 1.82) is 0 Å². The third kappa shape index (κ3) is 2.53. The average Bonchev–Trinajstić information content (AvgIpc) is 2.29. The fraction of sp³-hybridized carbons (Fsp3) is 0.500. The minimum Gasteiger partial charge on any atom is -0.337 e. The maximum absolute atomic E-state index is 12.0. The van der Waals surface area contributed by atoms with Crippen molar-refractivity contribution in [2.45, 2.75) is 17.7 Å². The number of alkyl halides is 1. The predicted molar refractivity (Wildman–Crippen MR) is 59.9 cm³/mol. The minimum absolute atomic E-state index is 0.0500. The molecule has 1 aromatic heterocycles. The molecule has 1 aromatic rings. The number of piperidine rings is 1. The van der Waals surface area contributed by atoms with Gasteiger partial charge in [0, 0.05) is 17.9 Å². The summed E-state index contributed by atoms with van der Waals surface area (Å²) in [5, 5.41) is 7.37. The van der Waals surface area contributed by atoms with Gasteiger partial charge in [-0.1, -0.05) is 15.9 Å². The number of hydrogen-bond donors (Lipinski definition) is 0. The molecule has 0 bridgehead atoms. The van der Waals surface area contributed by atoms with Gasteiger partial charge in [0.2, 0.25) is 0 Å². The summed E-state index contributed by atoms with van der Waals surface area (Å²) in [6.45, 7) is 1.62. The zero-order valence-corrected chi connectivity index (χ0v) is 9.85. The Morgan fingerprint density at radius 2 is 2.40 bits per heavy atom. The van der Waals surface area contributed by atoms with Crippen LogP contribution >= 0.6 is 15.9 Å². The summed E-state index contributed by atoms with van der Waals surface area (Å²) in [4.78, 5) is 14.3. The van der Waals surface area contributed by atoms with Gasteiger partial charge in [0.05, 0.1) is 18.0 Å². The molecule has 0 radical (unpaired) electrons. The molecule has 80 valence electrons. The van der Waals surface area contributed by atoms with Crippen LogP contribution in [0.15, 0.2) is 18.5 Å². The first kappa shape index (κ1) is 10.5. The van der Waals surface area contributed by atoms with Crippen LogP contribution in [-0.2, 0) is 0 Å². The summed E-state index contributed by atoms with van der Waals surface area (Å²) in [7, 11) is 0. The van der Waals surface area contributed by atoms with Gasteiger partial charge in [0.25, 0.3) is 5.91 Å². The molecule has 1 aliphatic rings. The summed E-state index contributed by atoms with van der Waals surface area (Å²) in [6, 6.07) is 1.70. The molecule has 0 aliphatic carbocycles. The maximum Gasteiger partial charge on any atom is 0.255 e. The Labute approximate surface area is 96.8 Å². The van der Waals surface area contributed by atoms with Crippen molar-refractivity contribution >= 4 is 21.8 Å². The van der Waals surface area contributed by atoms with E-state index in [9.17, 15) is 4.79 Å². The second-order valence-corrected chi connectivity index (χ2v) is 4.92. The van der Waals surface area contributed by atoms with Crippen LogP contribution in [0.25, 0.3) is 0 Å². The van der Waals surface area contributed by atoms with Gasteiger partial charge in [-0.05, 0) is 18.9 Å². The fourth-order valence-electron chi connectivity index (χ4n) is 1.71. The number of nitrogens with zero attached hydrogens (tertiary/aromatic N) is 3. The smallest absolute Gasteiger partial charge is 0.255 e. The van der Waals surface area contributed by atoms with Crippen molar-refractivity contribution < 1.29 is 4.79 Å². The van der Waals surface area contributed by atoms with Crippen LogP contribution in [0.1, 0.15) is 23.2 Å². The number of carbonyl (C=O) groups excluding carboxylic acids is 1. The molecule has 2 rings (SSSR count). The second-order valence-electron chi connectivity index (χ2n) is 3.62. The Kier molecular flexibility index (Phi) is 3.30. The molecule has 15 heavy (non-hydrogen) atoms. The normalized spacial score (nSPS) is 21.4. The van der Waals surface area contributed by atoms with Gasteiger partial charge < -0.3 is 4.90 Å². The van der Waals surface area contributed by atoms with Gasteiger partial charge >= 0.3 is 0 Å². The number of hydrogen-bond acceptors (Lipinski definition) is 3. The minimum atomic E-state index is 0.0500. The summed E-state index contributed by atoms with van der Waals surface area (Å²) in [6.07, 6.45) is 5.25. The molecule has 1 aliphatic heterocycles. The SMILES string of the molecule is O=C(c1ccnnc1)N1CCCC(Br)C1. The van der Waals surface area contributed by atoms with Crippen LogP contribution in [0.3, 0.4) is 0 Å². The van der Waals surface area contributed by atoms with Crippen molar-refractivity contribution in [2.24, 2.45) is 0 Å². The Morgan fingerprint density at radius 1 is 1.53 bits per heavy atom. The van der Waals surface area contributed by atoms with Crippen LogP contribution in [-0.4, -0.2) is 38.9 Å². The van der Waals surface area contributed by atoms with E-state index in [2.05, 4.69) is 26.1 Å². The van der Waals surface area contributed by atoms with E-state index in [0.29, 0.717) is 10.4 Å². The number of carbonyl (C=O) groups is 1. The van der Waals surface area contributed by atoms with Crippen molar-refractivity contribution in [3.63, 3.8) is 0 Å². The molecule has 1 unspecified atom stereocenters. The summed E-state index contributed by atoms with van der Waals surface area (Å²) < 4.78 is 0. The number of amides is 1. The molecular weight excluding hydrogens is 258 g/mol. The van der Waals surface area contributed by atoms with Crippen LogP contribution in [0.5, 0.6) is 0 Å². The highest BCUT2D eigenvalue weighted by Crippen LogP contribution is 2.18. The molecule has 1 atom stereocenters. The van der Waals surface area contributed by atoms with E-state index in [0.717, 1.165) is 25.9 Å². The third-order valence-electron chi connectivity index (χ3n) is 2.48. The Bertz CT molecular complexity index is 344. The molecule has 2 heterocycles. The van der Waals surface area contributed by atoms with Gasteiger partial charge in [0.15, 0.2) is 0 Å². The van der Waals surface area contributed by atoms with Crippen LogP contribution in [0.2, 0.25) is 0 Å². The van der Waals surface area contributed by atoms with Gasteiger partial charge in [-0.2, -0.15) is 10.2 Å². The molecule has 1 fully saturated rings. The van der Waals surface area contributed by atoms with E-state index < -0.39 is 0 Å². The first-order chi connectivity index (χ1) is 7.27. The molecule has 0 aromatic carbocycles. The van der Waals surface area contributed by atoms with E-state index in [1.165, 1.54) is 6.20 Å². The van der Waals surface area contributed by atoms with Gasteiger partial charge in [-0.15, -0.1) is 0 Å². The highest BCUT2D eigenvalue weighted by atomic mass is 79.9. The number of rotatable bonds is 1. The highest BCUT2D eigenvalue weighted by molar-refractivity contribution is 9.09. The number of likely N-dealkylation sites (tertiary alicyclic amines) is 1. The zero-order valence-electron chi connectivity index (χ0n) is 8.27. The van der Waals surface area contributed by atoms with E-state index >= 15 is 0 Å². The molecule has 1 amide bonds. The third-order valence-corrected chi connectivity index (χ3v) is 3.23. The monoisotopic (exact) mass is 269 g/mol. The first-order valence-corrected chi connectivity index (χ1v) is 5.89. The Morgan fingerprint density at radius 3 is 3.07 bits per heavy atom. The molecule has 0 spiro atoms. The van der Waals surface area contributed by atoms with E-state index in [1.807, 2.05) is 4.90 Å². The molecule has 1 saturated heterocycles. The van der Waals surface area contributed by atoms with Crippen molar-refractivity contribution in [2.75, 3.05) is 13.1 Å². The maximum atomic E-state index is 12.0. The summed E-state index contributed by atoms with van der Waals surface area (Å²) in [5.41, 5.74) is 0.617. The number of aromatic nitrogens is 2. The topological polar surface area (TPSA) is 46.1 Å². The van der Waals surface area contributed by atoms with Crippen molar-refractivity contribution in [1.82, 2.24) is 15.1 Å². The van der Waals surface area contributed by atoms with Crippen molar-refractivity contribution in [3.8, 4) is 0 Å². The predicted octanol–water partition coefficient (Wildman–Crippen LogP) is 1.48. The molecule has 0 N–H and O–H groups in total. The summed E-state index contributed by atoms with van der Waals surface area (Å²) in [5.74, 6) is 0.0500. The standard InChI is InChI=1S/C10H12BrN3O/c11-9-2-1-5-14(7-9)10(15)8-3-4-12-13-6-8/h3-4,6,9H,1-2,5,7H2. The van der Waals surface area contributed by atoms with Gasteiger partial charge in [-0.3, -0.25) is 4.79 Å².